The molecule has 2 fully saturated rings. The lowest BCUT2D eigenvalue weighted by Gasteiger charge is -2.65. The zero-order chi connectivity index (χ0) is 19.7. The molecule has 2 aliphatic carbocycles. The Kier molecular flexibility index (Phi) is 3.96. The predicted molar refractivity (Wildman–Crippen MR) is 102 cm³/mol. The highest BCUT2D eigenvalue weighted by Gasteiger charge is 2.73. The highest BCUT2D eigenvalue weighted by Crippen LogP contribution is 2.66. The summed E-state index contributed by atoms with van der Waals surface area (Å²) >= 11 is 0. The number of carboxylic acids is 1. The molecule has 1 spiro atoms. The van der Waals surface area contributed by atoms with E-state index < -0.39 is 5.97 Å². The van der Waals surface area contributed by atoms with Crippen LogP contribution in [0.4, 0.5) is 0 Å². The summed E-state index contributed by atoms with van der Waals surface area (Å²) in [5, 5.41) is 23.0. The van der Waals surface area contributed by atoms with Gasteiger partial charge in [-0.1, -0.05) is 6.07 Å². The molecule has 1 saturated carbocycles. The Labute approximate surface area is 164 Å². The number of nitrogens with one attached hydrogen (secondary N) is 1. The summed E-state index contributed by atoms with van der Waals surface area (Å²) in [6, 6.07) is 3.91. The fourth-order valence-electron chi connectivity index (χ4n) is 6.70. The largest absolute Gasteiger partial charge is 0.504 e. The van der Waals surface area contributed by atoms with Gasteiger partial charge in [-0.05, 0) is 57.8 Å². The van der Waals surface area contributed by atoms with Gasteiger partial charge in [-0.15, -0.1) is 0 Å². The van der Waals surface area contributed by atoms with Crippen LogP contribution in [-0.2, 0) is 21.4 Å². The Bertz CT molecular complexity index is 829. The van der Waals surface area contributed by atoms with Crippen molar-refractivity contribution in [2.75, 3.05) is 26.7 Å². The maximum absolute atomic E-state index is 11.2. The van der Waals surface area contributed by atoms with Crippen LogP contribution >= 0.6 is 0 Å². The molecule has 1 saturated heterocycles. The number of aliphatic carboxylic acids is 1. The average Bonchev–Trinajstić information content (AvgIpc) is 3.01. The van der Waals surface area contributed by atoms with Gasteiger partial charge in [0.2, 0.25) is 0 Å². The van der Waals surface area contributed by atoms with Crippen LogP contribution in [0, 0.1) is 0 Å². The van der Waals surface area contributed by atoms with Gasteiger partial charge in [0.15, 0.2) is 11.5 Å². The summed E-state index contributed by atoms with van der Waals surface area (Å²) in [6.07, 6.45) is 3.14. The van der Waals surface area contributed by atoms with Crippen molar-refractivity contribution in [3.63, 3.8) is 0 Å². The molecule has 4 aliphatic rings. The molecule has 7 nitrogen and oxygen atoms in total. The molecule has 1 aromatic rings. The Hall–Kier alpha value is -1.83. The molecule has 28 heavy (non-hydrogen) atoms. The number of hydrogen-bond donors (Lipinski definition) is 3. The zero-order valence-corrected chi connectivity index (χ0v) is 16.4. The number of phenolic OH excluding ortho intramolecular Hbond substituents is 1. The zero-order valence-electron chi connectivity index (χ0n) is 16.4. The molecular formula is C21H28N2O5. The van der Waals surface area contributed by atoms with E-state index >= 15 is 0 Å². The molecule has 0 amide bonds. The third-order valence-corrected chi connectivity index (χ3v) is 7.61. The molecule has 0 aromatic heterocycles. The van der Waals surface area contributed by atoms with Gasteiger partial charge < -0.3 is 29.9 Å². The maximum Gasteiger partial charge on any atom is 0.317 e. The summed E-state index contributed by atoms with van der Waals surface area (Å²) in [7, 11) is 2.17. The van der Waals surface area contributed by atoms with E-state index in [1.54, 1.807) is 6.07 Å². The number of hydrogen-bond acceptors (Lipinski definition) is 6. The molecular weight excluding hydrogens is 360 g/mol. The van der Waals surface area contributed by atoms with Crippen LogP contribution in [0.5, 0.6) is 11.5 Å². The Balaban J connectivity index is 1.71. The van der Waals surface area contributed by atoms with Crippen LogP contribution in [0.15, 0.2) is 12.1 Å². The number of phenols is 1. The summed E-state index contributed by atoms with van der Waals surface area (Å²) in [6.45, 7) is 3.50. The number of ether oxygens (including phenoxy) is 2. The molecule has 5 atom stereocenters. The Morgan fingerprint density at radius 1 is 1.43 bits per heavy atom. The van der Waals surface area contributed by atoms with Crippen molar-refractivity contribution in [3.05, 3.63) is 23.3 Å². The molecule has 3 N–H and O–H groups in total. The smallest absolute Gasteiger partial charge is 0.317 e. The van der Waals surface area contributed by atoms with Gasteiger partial charge in [0.05, 0.1) is 17.6 Å². The average molecular weight is 388 g/mol. The molecule has 0 radical (unpaired) electrons. The molecule has 1 unspecified atom stereocenters. The molecule has 5 rings (SSSR count). The number of carbonyl (C=O) groups is 1. The van der Waals surface area contributed by atoms with Crippen molar-refractivity contribution in [1.29, 1.82) is 0 Å². The van der Waals surface area contributed by atoms with Crippen LogP contribution in [0.25, 0.3) is 0 Å². The molecule has 2 heterocycles. The van der Waals surface area contributed by atoms with Gasteiger partial charge in [0.25, 0.3) is 0 Å². The number of piperidine rings is 1. The second kappa shape index (κ2) is 6.08. The molecule has 7 heteroatoms. The van der Waals surface area contributed by atoms with Crippen LogP contribution in [0.2, 0.25) is 0 Å². The number of carboxylic acid groups (broad SMARTS) is 1. The van der Waals surface area contributed by atoms with Crippen LogP contribution < -0.4 is 10.1 Å². The minimum absolute atomic E-state index is 0.0912. The van der Waals surface area contributed by atoms with Crippen LogP contribution in [0.1, 0.15) is 37.3 Å². The molecule has 1 aromatic carbocycles. The van der Waals surface area contributed by atoms with Gasteiger partial charge in [0, 0.05) is 24.3 Å². The fourth-order valence-corrected chi connectivity index (χ4v) is 6.70. The van der Waals surface area contributed by atoms with E-state index in [2.05, 4.69) is 17.3 Å². The second-order valence-electron chi connectivity index (χ2n) is 8.65. The Morgan fingerprint density at radius 2 is 2.25 bits per heavy atom. The van der Waals surface area contributed by atoms with E-state index in [9.17, 15) is 15.0 Å². The highest BCUT2D eigenvalue weighted by molar-refractivity contribution is 5.69. The second-order valence-corrected chi connectivity index (χ2v) is 8.65. The van der Waals surface area contributed by atoms with Crippen molar-refractivity contribution in [1.82, 2.24) is 10.2 Å². The minimum Gasteiger partial charge on any atom is -0.504 e. The van der Waals surface area contributed by atoms with Gasteiger partial charge in [-0.3, -0.25) is 4.79 Å². The molecule has 152 valence electrons. The van der Waals surface area contributed by atoms with Crippen molar-refractivity contribution in [2.45, 2.75) is 61.8 Å². The van der Waals surface area contributed by atoms with Gasteiger partial charge in [0.1, 0.15) is 6.10 Å². The van der Waals surface area contributed by atoms with E-state index in [1.165, 1.54) is 5.56 Å². The topological polar surface area (TPSA) is 91.3 Å². The van der Waals surface area contributed by atoms with E-state index in [-0.39, 0.29) is 41.5 Å². The summed E-state index contributed by atoms with van der Waals surface area (Å²) < 4.78 is 13.1. The lowest BCUT2D eigenvalue weighted by Crippen LogP contribution is -2.78. The van der Waals surface area contributed by atoms with Crippen LogP contribution in [0.3, 0.4) is 0 Å². The fraction of sp³-hybridized carbons (Fsp3) is 0.667. The van der Waals surface area contributed by atoms with E-state index in [4.69, 9.17) is 9.47 Å². The SMILES string of the molecule is CCO[C@@]12CC[C@H](NCC(=O)O)[C@@H]3Oc4c(O)ccc5c4[C@@]31CCN(C)C2C5. The molecule has 2 bridgehead atoms. The van der Waals surface area contributed by atoms with Crippen molar-refractivity contribution in [3.8, 4) is 11.5 Å². The first-order valence-corrected chi connectivity index (χ1v) is 10.3. The van der Waals surface area contributed by atoms with Gasteiger partial charge >= 0.3 is 5.97 Å². The minimum atomic E-state index is -0.872. The normalized spacial score (nSPS) is 38.0. The van der Waals surface area contributed by atoms with E-state index in [1.807, 2.05) is 13.0 Å². The summed E-state index contributed by atoms with van der Waals surface area (Å²) in [5.74, 6) is -0.121. The van der Waals surface area contributed by atoms with Crippen molar-refractivity contribution < 1.29 is 24.5 Å². The first-order valence-electron chi connectivity index (χ1n) is 10.3. The first-order chi connectivity index (χ1) is 13.4. The number of likely N-dealkylation sites (N-methyl/N-ethyl adjacent to an activating group) is 1. The van der Waals surface area contributed by atoms with Gasteiger partial charge in [-0.2, -0.15) is 0 Å². The molecule has 2 aliphatic heterocycles. The number of rotatable bonds is 5. The Morgan fingerprint density at radius 3 is 3.00 bits per heavy atom. The van der Waals surface area contributed by atoms with Crippen LogP contribution in [-0.4, -0.2) is 71.6 Å². The van der Waals surface area contributed by atoms with E-state index in [0.29, 0.717) is 12.4 Å². The maximum atomic E-state index is 11.2. The third kappa shape index (κ3) is 2.07. The lowest BCUT2D eigenvalue weighted by molar-refractivity contribution is -0.214. The predicted octanol–water partition coefficient (Wildman–Crippen LogP) is 1.26. The van der Waals surface area contributed by atoms with Gasteiger partial charge in [-0.25, -0.2) is 0 Å². The number of aromatic hydroxyl groups is 1. The quantitative estimate of drug-likeness (QED) is 0.700. The monoisotopic (exact) mass is 388 g/mol. The lowest BCUT2D eigenvalue weighted by atomic mass is 9.48. The highest BCUT2D eigenvalue weighted by atomic mass is 16.5. The summed E-state index contributed by atoms with van der Waals surface area (Å²) in [5.41, 5.74) is 1.58. The van der Waals surface area contributed by atoms with Crippen molar-refractivity contribution >= 4 is 5.97 Å². The third-order valence-electron chi connectivity index (χ3n) is 7.61. The number of benzene rings is 1. The number of nitrogens with zero attached hydrogens (tertiary/aromatic N) is 1. The number of likely N-dealkylation sites (tertiary alicyclic amines) is 1. The van der Waals surface area contributed by atoms with E-state index in [0.717, 1.165) is 37.8 Å². The van der Waals surface area contributed by atoms with Crippen molar-refractivity contribution in [2.24, 2.45) is 0 Å². The standard InChI is InChI=1S/C21H28N2O5/c1-3-27-21-7-6-13(22-11-16(25)26)19-20(21)8-9-23(2)15(21)10-12-4-5-14(24)18(28-19)17(12)20/h4-5,13,15,19,22,24H,3,6-11H2,1-2H3,(H,25,26)/t13-,15?,19-,20-,21+/m0/s1. The first kappa shape index (κ1) is 18.2. The summed E-state index contributed by atoms with van der Waals surface area (Å²) in [4.78, 5) is 13.6.